The molecule has 120 valence electrons. The number of likely N-dealkylation sites (tertiary alicyclic amines) is 1. The van der Waals surface area contributed by atoms with Gasteiger partial charge in [-0.1, -0.05) is 25.1 Å². The van der Waals surface area contributed by atoms with E-state index < -0.39 is 23.4 Å². The molecular weight excluding hydrogens is 298 g/mol. The number of rotatable bonds is 2. The van der Waals surface area contributed by atoms with Gasteiger partial charge in [0.25, 0.3) is 5.91 Å². The number of para-hydroxylation sites is 1. The lowest BCUT2D eigenvalue weighted by Crippen LogP contribution is -2.46. The first-order valence-corrected chi connectivity index (χ1v) is 7.50. The molecule has 0 radical (unpaired) electrons. The molecule has 3 rings (SSSR count). The fraction of sp³-hybridized carbons (Fsp3) is 0.353. The Balaban J connectivity index is 1.95. The minimum atomic E-state index is -0.917. The molecule has 1 N–H and O–H groups in total. The van der Waals surface area contributed by atoms with Crippen molar-refractivity contribution in [2.24, 2.45) is 11.8 Å². The molecule has 0 spiro atoms. The number of carboxylic acids is 1. The van der Waals surface area contributed by atoms with Crippen molar-refractivity contribution < 1.29 is 19.1 Å². The summed E-state index contributed by atoms with van der Waals surface area (Å²) in [6.07, 6.45) is 0.533. The van der Waals surface area contributed by atoms with Crippen molar-refractivity contribution >= 4 is 22.8 Å². The van der Waals surface area contributed by atoms with Gasteiger partial charge in [-0.05, 0) is 24.5 Å². The summed E-state index contributed by atoms with van der Waals surface area (Å²) in [7, 11) is 0. The Hall–Kier alpha value is -2.63. The van der Waals surface area contributed by atoms with Gasteiger partial charge in [0.1, 0.15) is 11.1 Å². The molecule has 1 amide bonds. The molecule has 1 aromatic heterocycles. The third kappa shape index (κ3) is 2.97. The van der Waals surface area contributed by atoms with Crippen LogP contribution in [0.3, 0.4) is 0 Å². The van der Waals surface area contributed by atoms with E-state index in [9.17, 15) is 19.5 Å². The number of carbonyl (C=O) groups is 2. The molecule has 2 unspecified atom stereocenters. The summed E-state index contributed by atoms with van der Waals surface area (Å²) in [6, 6.07) is 8.47. The van der Waals surface area contributed by atoms with Crippen LogP contribution in [-0.2, 0) is 4.79 Å². The number of benzene rings is 1. The van der Waals surface area contributed by atoms with Crippen molar-refractivity contribution in [3.05, 3.63) is 46.3 Å². The van der Waals surface area contributed by atoms with Gasteiger partial charge in [-0.15, -0.1) is 0 Å². The number of hydrogen-bond acceptors (Lipinski definition) is 4. The molecule has 0 saturated carbocycles. The van der Waals surface area contributed by atoms with Crippen LogP contribution >= 0.6 is 0 Å². The third-order valence-corrected chi connectivity index (χ3v) is 4.17. The van der Waals surface area contributed by atoms with Gasteiger partial charge in [0.15, 0.2) is 0 Å². The second-order valence-electron chi connectivity index (χ2n) is 6.07. The van der Waals surface area contributed by atoms with Gasteiger partial charge >= 0.3 is 11.6 Å². The molecule has 2 heterocycles. The van der Waals surface area contributed by atoms with Gasteiger partial charge in [-0.25, -0.2) is 4.79 Å². The van der Waals surface area contributed by atoms with E-state index in [-0.39, 0.29) is 18.0 Å². The Morgan fingerprint density at radius 2 is 2.00 bits per heavy atom. The normalized spacial score (nSPS) is 21.3. The number of nitrogens with zero attached hydrogens (tertiary/aromatic N) is 1. The van der Waals surface area contributed by atoms with E-state index >= 15 is 0 Å². The Bertz CT molecular complexity index is 825. The maximum absolute atomic E-state index is 12.7. The summed E-state index contributed by atoms with van der Waals surface area (Å²) in [5.74, 6) is -1.92. The molecule has 6 heteroatoms. The van der Waals surface area contributed by atoms with Crippen LogP contribution < -0.4 is 5.63 Å². The summed E-state index contributed by atoms with van der Waals surface area (Å²) >= 11 is 0. The standard InChI is InChI=1S/C17H17NO5/c1-10-6-12(16(20)21)9-18(8-10)15(19)13-7-11-4-2-3-5-14(11)23-17(13)22/h2-5,7,10,12H,6,8-9H2,1H3,(H,20,21). The van der Waals surface area contributed by atoms with E-state index in [1.54, 1.807) is 24.3 Å². The van der Waals surface area contributed by atoms with Crippen LogP contribution in [0.2, 0.25) is 0 Å². The average Bonchev–Trinajstić information content (AvgIpc) is 2.53. The fourth-order valence-corrected chi connectivity index (χ4v) is 3.08. The molecular formula is C17H17NO5. The maximum Gasteiger partial charge on any atom is 0.349 e. The number of carbonyl (C=O) groups excluding carboxylic acids is 1. The summed E-state index contributed by atoms with van der Waals surface area (Å²) in [6.45, 7) is 2.46. The molecule has 6 nitrogen and oxygen atoms in total. The van der Waals surface area contributed by atoms with Crippen LogP contribution in [0.1, 0.15) is 23.7 Å². The predicted octanol–water partition coefficient (Wildman–Crippen LogP) is 1.98. The van der Waals surface area contributed by atoms with Gasteiger partial charge in [0, 0.05) is 18.5 Å². The van der Waals surface area contributed by atoms with Crippen LogP contribution in [0, 0.1) is 11.8 Å². The first-order valence-electron chi connectivity index (χ1n) is 7.50. The number of carboxylic acid groups (broad SMARTS) is 1. The third-order valence-electron chi connectivity index (χ3n) is 4.17. The summed E-state index contributed by atoms with van der Waals surface area (Å²) in [4.78, 5) is 37.4. The van der Waals surface area contributed by atoms with E-state index in [0.29, 0.717) is 23.9 Å². The molecule has 1 fully saturated rings. The van der Waals surface area contributed by atoms with Gasteiger partial charge in [0.05, 0.1) is 5.92 Å². The average molecular weight is 315 g/mol. The number of aliphatic carboxylic acids is 1. The van der Waals surface area contributed by atoms with Crippen LogP contribution in [0.25, 0.3) is 11.0 Å². The van der Waals surface area contributed by atoms with E-state index in [1.807, 2.05) is 6.92 Å². The molecule has 1 saturated heterocycles. The Labute approximate surface area is 132 Å². The highest BCUT2D eigenvalue weighted by molar-refractivity contribution is 5.97. The minimum absolute atomic E-state index is 0.0538. The topological polar surface area (TPSA) is 87.8 Å². The van der Waals surface area contributed by atoms with Crippen LogP contribution in [0.5, 0.6) is 0 Å². The molecule has 1 aliphatic rings. The Kier molecular flexibility index (Phi) is 3.90. The zero-order valence-corrected chi connectivity index (χ0v) is 12.7. The first kappa shape index (κ1) is 15.3. The monoisotopic (exact) mass is 315 g/mol. The van der Waals surface area contributed by atoms with Crippen molar-refractivity contribution in [1.82, 2.24) is 4.90 Å². The summed E-state index contributed by atoms with van der Waals surface area (Å²) in [5.41, 5.74) is -0.329. The number of piperidine rings is 1. The zero-order chi connectivity index (χ0) is 16.6. The van der Waals surface area contributed by atoms with Gasteiger partial charge in [-0.3, -0.25) is 9.59 Å². The quantitative estimate of drug-likeness (QED) is 0.856. The molecule has 2 aromatic rings. The highest BCUT2D eigenvalue weighted by atomic mass is 16.4. The van der Waals surface area contributed by atoms with E-state index in [0.717, 1.165) is 0 Å². The molecule has 1 aromatic carbocycles. The number of fused-ring (bicyclic) bond motifs is 1. The lowest BCUT2D eigenvalue weighted by atomic mass is 9.90. The van der Waals surface area contributed by atoms with E-state index in [1.165, 1.54) is 11.0 Å². The second kappa shape index (κ2) is 5.87. The van der Waals surface area contributed by atoms with Crippen molar-refractivity contribution in [2.75, 3.05) is 13.1 Å². The largest absolute Gasteiger partial charge is 0.481 e. The number of hydrogen-bond donors (Lipinski definition) is 1. The Morgan fingerprint density at radius 1 is 1.26 bits per heavy atom. The first-order chi connectivity index (χ1) is 11.0. The lowest BCUT2D eigenvalue weighted by molar-refractivity contribution is -0.143. The van der Waals surface area contributed by atoms with E-state index in [4.69, 9.17) is 4.42 Å². The molecule has 0 aliphatic carbocycles. The van der Waals surface area contributed by atoms with Crippen molar-refractivity contribution in [1.29, 1.82) is 0 Å². The molecule has 1 aliphatic heterocycles. The summed E-state index contributed by atoms with van der Waals surface area (Å²) in [5, 5.41) is 9.87. The maximum atomic E-state index is 12.7. The van der Waals surface area contributed by atoms with Gasteiger partial charge in [0.2, 0.25) is 0 Å². The van der Waals surface area contributed by atoms with E-state index in [2.05, 4.69) is 0 Å². The highest BCUT2D eigenvalue weighted by Crippen LogP contribution is 2.23. The van der Waals surface area contributed by atoms with Gasteiger partial charge < -0.3 is 14.4 Å². The van der Waals surface area contributed by atoms with Crippen molar-refractivity contribution in [2.45, 2.75) is 13.3 Å². The molecule has 2 atom stereocenters. The van der Waals surface area contributed by atoms with Gasteiger partial charge in [-0.2, -0.15) is 0 Å². The smallest absolute Gasteiger partial charge is 0.349 e. The lowest BCUT2D eigenvalue weighted by Gasteiger charge is -2.34. The highest BCUT2D eigenvalue weighted by Gasteiger charge is 2.33. The number of amides is 1. The Morgan fingerprint density at radius 3 is 2.74 bits per heavy atom. The fourth-order valence-electron chi connectivity index (χ4n) is 3.08. The van der Waals surface area contributed by atoms with Crippen LogP contribution in [0.4, 0.5) is 0 Å². The minimum Gasteiger partial charge on any atom is -0.481 e. The zero-order valence-electron chi connectivity index (χ0n) is 12.7. The van der Waals surface area contributed by atoms with Crippen LogP contribution in [-0.4, -0.2) is 35.0 Å². The van der Waals surface area contributed by atoms with Crippen LogP contribution in [0.15, 0.2) is 39.5 Å². The van der Waals surface area contributed by atoms with Crippen molar-refractivity contribution in [3.8, 4) is 0 Å². The SMILES string of the molecule is CC1CC(C(=O)O)CN(C(=O)c2cc3ccccc3oc2=O)C1. The molecule has 0 bridgehead atoms. The predicted molar refractivity (Wildman–Crippen MR) is 83.3 cm³/mol. The second-order valence-corrected chi connectivity index (χ2v) is 6.07. The van der Waals surface area contributed by atoms with Crippen molar-refractivity contribution in [3.63, 3.8) is 0 Å². The molecule has 23 heavy (non-hydrogen) atoms. The summed E-state index contributed by atoms with van der Waals surface area (Å²) < 4.78 is 5.19.